The molecule has 0 radical (unpaired) electrons. The number of benzene rings is 2. The van der Waals surface area contributed by atoms with E-state index in [1.165, 1.54) is 5.56 Å². The Morgan fingerprint density at radius 3 is 2.48 bits per heavy atom. The number of fused-ring (bicyclic) bond motifs is 1. The first-order valence-electron chi connectivity index (χ1n) is 7.40. The van der Waals surface area contributed by atoms with Crippen molar-refractivity contribution in [1.29, 1.82) is 0 Å². The maximum Gasteiger partial charge on any atom is 0.137 e. The fourth-order valence-corrected chi connectivity index (χ4v) is 2.38. The van der Waals surface area contributed by atoms with Crippen LogP contribution in [0.3, 0.4) is 0 Å². The number of hydrogen-bond donors (Lipinski definition) is 1. The molecule has 3 heteroatoms. The van der Waals surface area contributed by atoms with E-state index >= 15 is 0 Å². The second kappa shape index (κ2) is 6.35. The average Bonchev–Trinajstić information content (AvgIpc) is 2.54. The second-order valence-electron chi connectivity index (χ2n) is 5.09. The lowest BCUT2D eigenvalue weighted by Crippen LogP contribution is -2.05. The third kappa shape index (κ3) is 3.19. The number of aromatic nitrogens is 2. The van der Waals surface area contributed by atoms with Crippen LogP contribution in [0.25, 0.3) is 10.9 Å². The van der Waals surface area contributed by atoms with E-state index in [0.29, 0.717) is 0 Å². The van der Waals surface area contributed by atoms with Crippen LogP contribution in [0, 0.1) is 0 Å². The van der Waals surface area contributed by atoms with Gasteiger partial charge in [-0.05, 0) is 24.1 Å². The van der Waals surface area contributed by atoms with E-state index in [1.807, 2.05) is 24.3 Å². The Hall–Kier alpha value is -2.42. The van der Waals surface area contributed by atoms with E-state index in [2.05, 4.69) is 52.5 Å². The van der Waals surface area contributed by atoms with Gasteiger partial charge < -0.3 is 5.32 Å². The van der Waals surface area contributed by atoms with Gasteiger partial charge in [-0.3, -0.25) is 0 Å². The summed E-state index contributed by atoms with van der Waals surface area (Å²) in [6.45, 7) is 2.92. The second-order valence-corrected chi connectivity index (χ2v) is 5.09. The van der Waals surface area contributed by atoms with Gasteiger partial charge in [0.1, 0.15) is 11.6 Å². The zero-order valence-electron chi connectivity index (χ0n) is 12.2. The first-order chi connectivity index (χ1) is 10.4. The monoisotopic (exact) mass is 277 g/mol. The Morgan fingerprint density at radius 2 is 1.67 bits per heavy atom. The summed E-state index contributed by atoms with van der Waals surface area (Å²) >= 11 is 0. The summed E-state index contributed by atoms with van der Waals surface area (Å²) in [5, 5.41) is 4.53. The molecule has 0 saturated carbocycles. The third-order valence-corrected chi connectivity index (χ3v) is 3.43. The Morgan fingerprint density at radius 1 is 0.905 bits per heavy atom. The van der Waals surface area contributed by atoms with Crippen LogP contribution in [0.4, 0.5) is 5.82 Å². The Labute approximate surface area is 125 Å². The fourth-order valence-electron chi connectivity index (χ4n) is 2.38. The molecule has 1 heterocycles. The van der Waals surface area contributed by atoms with Gasteiger partial charge >= 0.3 is 0 Å². The van der Waals surface area contributed by atoms with Gasteiger partial charge in [0.05, 0.1) is 5.52 Å². The van der Waals surface area contributed by atoms with E-state index in [9.17, 15) is 0 Å². The molecule has 3 nitrogen and oxygen atoms in total. The predicted molar refractivity (Wildman–Crippen MR) is 87.3 cm³/mol. The largest absolute Gasteiger partial charge is 0.365 e. The molecular weight excluding hydrogens is 258 g/mol. The highest BCUT2D eigenvalue weighted by Crippen LogP contribution is 2.21. The summed E-state index contributed by atoms with van der Waals surface area (Å²) in [5.74, 6) is 1.83. The van der Waals surface area contributed by atoms with Crippen molar-refractivity contribution in [3.63, 3.8) is 0 Å². The highest BCUT2D eigenvalue weighted by molar-refractivity contribution is 5.88. The Kier molecular flexibility index (Phi) is 4.10. The van der Waals surface area contributed by atoms with Crippen molar-refractivity contribution in [2.24, 2.45) is 0 Å². The van der Waals surface area contributed by atoms with E-state index in [4.69, 9.17) is 0 Å². The lowest BCUT2D eigenvalue weighted by Gasteiger charge is -2.10. The van der Waals surface area contributed by atoms with Gasteiger partial charge in [0.25, 0.3) is 0 Å². The standard InChI is InChI=1S/C18H19N3/c1-2-8-17-20-16-12-7-6-11-15(16)18(21-17)19-13-14-9-4-3-5-10-14/h3-7,9-12H,2,8,13H2,1H3,(H,19,20,21). The van der Waals surface area contributed by atoms with Crippen molar-refractivity contribution < 1.29 is 0 Å². The topological polar surface area (TPSA) is 37.8 Å². The van der Waals surface area contributed by atoms with Crippen molar-refractivity contribution in [1.82, 2.24) is 9.97 Å². The Balaban J connectivity index is 1.92. The van der Waals surface area contributed by atoms with Crippen molar-refractivity contribution in [2.75, 3.05) is 5.32 Å². The van der Waals surface area contributed by atoms with E-state index in [1.54, 1.807) is 0 Å². The Bertz CT molecular complexity index is 723. The van der Waals surface area contributed by atoms with Gasteiger partial charge in [-0.1, -0.05) is 49.4 Å². The fraction of sp³-hybridized carbons (Fsp3) is 0.222. The van der Waals surface area contributed by atoms with Gasteiger partial charge in [0.2, 0.25) is 0 Å². The molecule has 0 spiro atoms. The first-order valence-corrected chi connectivity index (χ1v) is 7.40. The molecule has 0 aliphatic carbocycles. The molecule has 1 N–H and O–H groups in total. The molecule has 0 unspecified atom stereocenters. The quantitative estimate of drug-likeness (QED) is 0.759. The highest BCUT2D eigenvalue weighted by atomic mass is 15.0. The van der Waals surface area contributed by atoms with E-state index in [-0.39, 0.29) is 0 Å². The molecule has 0 aliphatic heterocycles. The van der Waals surface area contributed by atoms with Gasteiger partial charge in [-0.2, -0.15) is 0 Å². The zero-order chi connectivity index (χ0) is 14.5. The minimum absolute atomic E-state index is 0.771. The normalized spacial score (nSPS) is 10.7. The smallest absolute Gasteiger partial charge is 0.137 e. The minimum atomic E-state index is 0.771. The third-order valence-electron chi connectivity index (χ3n) is 3.43. The van der Waals surface area contributed by atoms with Gasteiger partial charge in [-0.25, -0.2) is 9.97 Å². The number of aryl methyl sites for hydroxylation is 1. The summed E-state index contributed by atoms with van der Waals surface area (Å²) in [4.78, 5) is 9.31. The summed E-state index contributed by atoms with van der Waals surface area (Å²) in [6, 6.07) is 18.5. The van der Waals surface area contributed by atoms with Crippen LogP contribution in [0.5, 0.6) is 0 Å². The zero-order valence-corrected chi connectivity index (χ0v) is 12.2. The molecule has 3 aromatic rings. The number of para-hydroxylation sites is 1. The predicted octanol–water partition coefficient (Wildman–Crippen LogP) is 4.19. The van der Waals surface area contributed by atoms with Crippen LogP contribution < -0.4 is 5.32 Å². The molecule has 0 amide bonds. The van der Waals surface area contributed by atoms with Gasteiger partial charge in [-0.15, -0.1) is 0 Å². The summed E-state index contributed by atoms with van der Waals surface area (Å²) in [6.07, 6.45) is 1.96. The molecule has 0 saturated heterocycles. The number of nitrogens with zero attached hydrogens (tertiary/aromatic N) is 2. The highest BCUT2D eigenvalue weighted by Gasteiger charge is 2.06. The number of anilines is 1. The molecule has 0 atom stereocenters. The van der Waals surface area contributed by atoms with E-state index in [0.717, 1.165) is 41.9 Å². The van der Waals surface area contributed by atoms with E-state index < -0.39 is 0 Å². The van der Waals surface area contributed by atoms with Crippen LogP contribution in [0.1, 0.15) is 24.7 Å². The van der Waals surface area contributed by atoms with Crippen LogP contribution in [0.2, 0.25) is 0 Å². The van der Waals surface area contributed by atoms with Crippen molar-refractivity contribution in [2.45, 2.75) is 26.3 Å². The summed E-state index contributed by atoms with van der Waals surface area (Å²) in [7, 11) is 0. The van der Waals surface area contributed by atoms with Crippen LogP contribution in [-0.4, -0.2) is 9.97 Å². The van der Waals surface area contributed by atoms with Crippen molar-refractivity contribution in [3.05, 3.63) is 66.0 Å². The molecule has 0 aliphatic rings. The average molecular weight is 277 g/mol. The molecule has 21 heavy (non-hydrogen) atoms. The number of rotatable bonds is 5. The molecule has 3 rings (SSSR count). The molecule has 2 aromatic carbocycles. The number of hydrogen-bond acceptors (Lipinski definition) is 3. The molecule has 0 fully saturated rings. The van der Waals surface area contributed by atoms with Crippen LogP contribution >= 0.6 is 0 Å². The minimum Gasteiger partial charge on any atom is -0.365 e. The van der Waals surface area contributed by atoms with Crippen molar-refractivity contribution in [3.8, 4) is 0 Å². The maximum atomic E-state index is 4.68. The summed E-state index contributed by atoms with van der Waals surface area (Å²) in [5.41, 5.74) is 2.25. The maximum absolute atomic E-state index is 4.68. The van der Waals surface area contributed by atoms with Crippen LogP contribution in [-0.2, 0) is 13.0 Å². The number of nitrogens with one attached hydrogen (secondary N) is 1. The molecular formula is C18H19N3. The van der Waals surface area contributed by atoms with Crippen molar-refractivity contribution >= 4 is 16.7 Å². The summed E-state index contributed by atoms with van der Waals surface area (Å²) < 4.78 is 0. The van der Waals surface area contributed by atoms with Gasteiger partial charge in [0.15, 0.2) is 0 Å². The molecule has 1 aromatic heterocycles. The first kappa shape index (κ1) is 13.6. The lowest BCUT2D eigenvalue weighted by molar-refractivity contribution is 0.843. The lowest BCUT2D eigenvalue weighted by atomic mass is 10.2. The SMILES string of the molecule is CCCc1nc(NCc2ccccc2)c2ccccc2n1. The molecule has 106 valence electrons. The van der Waals surface area contributed by atoms with Gasteiger partial charge in [0, 0.05) is 18.4 Å². The molecule has 0 bridgehead atoms. The van der Waals surface area contributed by atoms with Crippen LogP contribution in [0.15, 0.2) is 54.6 Å².